The molecular weight excluding hydrogens is 278 g/mol. The second kappa shape index (κ2) is 4.58. The topological polar surface area (TPSA) is 19.4 Å². The SMILES string of the molecule is CN1C2CCC1CN(c1cccc(Br)n1)CC2. The molecule has 17 heavy (non-hydrogen) atoms. The smallest absolute Gasteiger partial charge is 0.129 e. The van der Waals surface area contributed by atoms with Crippen molar-refractivity contribution in [3.63, 3.8) is 0 Å². The van der Waals surface area contributed by atoms with Crippen molar-refractivity contribution in [3.05, 3.63) is 22.8 Å². The molecule has 2 bridgehead atoms. The number of pyridine rings is 1. The normalized spacial score (nSPS) is 29.4. The second-order valence-corrected chi connectivity index (χ2v) is 5.92. The van der Waals surface area contributed by atoms with Gasteiger partial charge in [0.15, 0.2) is 0 Å². The highest BCUT2D eigenvalue weighted by Crippen LogP contribution is 2.30. The molecule has 0 aliphatic carbocycles. The largest absolute Gasteiger partial charge is 0.355 e. The number of anilines is 1. The highest BCUT2D eigenvalue weighted by atomic mass is 79.9. The molecule has 2 saturated heterocycles. The van der Waals surface area contributed by atoms with Crippen LogP contribution in [0.2, 0.25) is 0 Å². The van der Waals surface area contributed by atoms with E-state index >= 15 is 0 Å². The predicted octanol–water partition coefficient (Wildman–Crippen LogP) is 2.52. The van der Waals surface area contributed by atoms with Crippen molar-refractivity contribution in [3.8, 4) is 0 Å². The van der Waals surface area contributed by atoms with E-state index in [1.807, 2.05) is 6.07 Å². The van der Waals surface area contributed by atoms with Crippen LogP contribution in [0, 0.1) is 0 Å². The van der Waals surface area contributed by atoms with Gasteiger partial charge < -0.3 is 4.90 Å². The standard InChI is InChI=1S/C13H18BrN3/c1-16-10-5-6-11(16)9-17(8-7-10)13-4-2-3-12(14)15-13/h2-4,10-11H,5-9H2,1H3. The van der Waals surface area contributed by atoms with E-state index in [9.17, 15) is 0 Å². The van der Waals surface area contributed by atoms with Crippen LogP contribution in [0.25, 0.3) is 0 Å². The number of hydrogen-bond donors (Lipinski definition) is 0. The van der Waals surface area contributed by atoms with Gasteiger partial charge in [0, 0.05) is 25.2 Å². The maximum atomic E-state index is 4.57. The van der Waals surface area contributed by atoms with E-state index in [-0.39, 0.29) is 0 Å². The van der Waals surface area contributed by atoms with Gasteiger partial charge in [-0.25, -0.2) is 4.98 Å². The van der Waals surface area contributed by atoms with Gasteiger partial charge in [0.1, 0.15) is 10.4 Å². The fourth-order valence-electron chi connectivity index (χ4n) is 3.09. The third-order valence-corrected chi connectivity index (χ3v) is 4.61. The van der Waals surface area contributed by atoms with E-state index in [0.29, 0.717) is 6.04 Å². The van der Waals surface area contributed by atoms with Crippen molar-refractivity contribution < 1.29 is 0 Å². The van der Waals surface area contributed by atoms with E-state index in [4.69, 9.17) is 0 Å². The minimum atomic E-state index is 0.711. The summed E-state index contributed by atoms with van der Waals surface area (Å²) in [6.45, 7) is 2.26. The molecule has 4 heteroatoms. The molecule has 3 nitrogen and oxygen atoms in total. The van der Waals surface area contributed by atoms with Crippen molar-refractivity contribution in [2.45, 2.75) is 31.3 Å². The van der Waals surface area contributed by atoms with Crippen LogP contribution in [0.3, 0.4) is 0 Å². The van der Waals surface area contributed by atoms with Gasteiger partial charge in [-0.2, -0.15) is 0 Å². The Morgan fingerprint density at radius 1 is 1.24 bits per heavy atom. The molecule has 0 N–H and O–H groups in total. The number of aromatic nitrogens is 1. The first-order valence-electron chi connectivity index (χ1n) is 6.33. The summed E-state index contributed by atoms with van der Waals surface area (Å²) in [6, 6.07) is 7.67. The number of likely N-dealkylation sites (N-methyl/N-ethyl adjacent to an activating group) is 1. The first kappa shape index (κ1) is 11.5. The van der Waals surface area contributed by atoms with Gasteiger partial charge in [0.05, 0.1) is 0 Å². The fourth-order valence-corrected chi connectivity index (χ4v) is 3.42. The van der Waals surface area contributed by atoms with Gasteiger partial charge in [-0.05, 0) is 54.4 Å². The minimum absolute atomic E-state index is 0.711. The van der Waals surface area contributed by atoms with Crippen LogP contribution in [0.15, 0.2) is 22.8 Å². The molecule has 0 aromatic carbocycles. The summed E-state index contributed by atoms with van der Waals surface area (Å²) in [7, 11) is 2.28. The highest BCUT2D eigenvalue weighted by molar-refractivity contribution is 9.10. The molecule has 2 aliphatic rings. The molecule has 2 fully saturated rings. The molecule has 3 rings (SSSR count). The summed E-state index contributed by atoms with van der Waals surface area (Å²) in [4.78, 5) is 9.57. The Bertz CT molecular complexity index is 409. The monoisotopic (exact) mass is 295 g/mol. The van der Waals surface area contributed by atoms with E-state index < -0.39 is 0 Å². The summed E-state index contributed by atoms with van der Waals surface area (Å²) >= 11 is 3.45. The van der Waals surface area contributed by atoms with Crippen LogP contribution in [-0.4, -0.2) is 42.1 Å². The molecule has 0 spiro atoms. The molecule has 92 valence electrons. The highest BCUT2D eigenvalue weighted by Gasteiger charge is 2.34. The number of fused-ring (bicyclic) bond motifs is 2. The molecule has 1 aromatic rings. The minimum Gasteiger partial charge on any atom is -0.355 e. The number of halogens is 1. The quantitative estimate of drug-likeness (QED) is 0.742. The van der Waals surface area contributed by atoms with Crippen molar-refractivity contribution in [2.75, 3.05) is 25.0 Å². The van der Waals surface area contributed by atoms with Crippen LogP contribution < -0.4 is 4.90 Å². The van der Waals surface area contributed by atoms with E-state index in [1.165, 1.54) is 19.3 Å². The Labute approximate surface area is 111 Å². The zero-order chi connectivity index (χ0) is 11.8. The molecule has 2 unspecified atom stereocenters. The number of nitrogens with zero attached hydrogens (tertiary/aromatic N) is 3. The van der Waals surface area contributed by atoms with Gasteiger partial charge >= 0.3 is 0 Å². The first-order chi connectivity index (χ1) is 8.24. The molecule has 0 radical (unpaired) electrons. The average molecular weight is 296 g/mol. The van der Waals surface area contributed by atoms with Crippen molar-refractivity contribution >= 4 is 21.7 Å². The molecule has 2 atom stereocenters. The van der Waals surface area contributed by atoms with Gasteiger partial charge in [0.2, 0.25) is 0 Å². The second-order valence-electron chi connectivity index (χ2n) is 5.10. The molecule has 3 heterocycles. The van der Waals surface area contributed by atoms with Gasteiger partial charge in [0.25, 0.3) is 0 Å². The zero-order valence-corrected chi connectivity index (χ0v) is 11.7. The first-order valence-corrected chi connectivity index (χ1v) is 7.13. The third-order valence-electron chi connectivity index (χ3n) is 4.17. The average Bonchev–Trinajstić information content (AvgIpc) is 2.53. The lowest BCUT2D eigenvalue weighted by Gasteiger charge is -2.26. The fraction of sp³-hybridized carbons (Fsp3) is 0.615. The Balaban J connectivity index is 1.81. The Hall–Kier alpha value is -0.610. The predicted molar refractivity (Wildman–Crippen MR) is 73.3 cm³/mol. The summed E-state index contributed by atoms with van der Waals surface area (Å²) < 4.78 is 0.928. The number of rotatable bonds is 1. The molecule has 2 aliphatic heterocycles. The maximum Gasteiger partial charge on any atom is 0.129 e. The lowest BCUT2D eigenvalue weighted by Crippen LogP contribution is -2.36. The van der Waals surface area contributed by atoms with Crippen LogP contribution in [0.1, 0.15) is 19.3 Å². The van der Waals surface area contributed by atoms with Crippen LogP contribution in [0.4, 0.5) is 5.82 Å². The van der Waals surface area contributed by atoms with Gasteiger partial charge in [-0.3, -0.25) is 4.90 Å². The van der Waals surface area contributed by atoms with E-state index in [1.54, 1.807) is 0 Å². The lowest BCUT2D eigenvalue weighted by molar-refractivity contribution is 0.254. The van der Waals surface area contributed by atoms with Gasteiger partial charge in [-0.15, -0.1) is 0 Å². The van der Waals surface area contributed by atoms with Crippen molar-refractivity contribution in [1.82, 2.24) is 9.88 Å². The Morgan fingerprint density at radius 2 is 2.06 bits per heavy atom. The van der Waals surface area contributed by atoms with E-state index in [0.717, 1.165) is 29.6 Å². The zero-order valence-electron chi connectivity index (χ0n) is 10.1. The van der Waals surface area contributed by atoms with E-state index in [2.05, 4.69) is 49.9 Å². The van der Waals surface area contributed by atoms with Crippen LogP contribution in [0.5, 0.6) is 0 Å². The Morgan fingerprint density at radius 3 is 2.88 bits per heavy atom. The molecular formula is C13H18BrN3. The summed E-state index contributed by atoms with van der Waals surface area (Å²) in [5, 5.41) is 0. The summed E-state index contributed by atoms with van der Waals surface area (Å²) in [5.74, 6) is 1.11. The summed E-state index contributed by atoms with van der Waals surface area (Å²) in [6.07, 6.45) is 3.98. The summed E-state index contributed by atoms with van der Waals surface area (Å²) in [5.41, 5.74) is 0. The molecule has 1 aromatic heterocycles. The third kappa shape index (κ3) is 2.20. The van der Waals surface area contributed by atoms with Crippen molar-refractivity contribution in [1.29, 1.82) is 0 Å². The van der Waals surface area contributed by atoms with Crippen molar-refractivity contribution in [2.24, 2.45) is 0 Å². The van der Waals surface area contributed by atoms with Gasteiger partial charge in [-0.1, -0.05) is 6.07 Å². The van der Waals surface area contributed by atoms with Crippen LogP contribution >= 0.6 is 15.9 Å². The Kier molecular flexibility index (Phi) is 3.09. The maximum absolute atomic E-state index is 4.57. The molecule has 0 saturated carbocycles. The lowest BCUT2D eigenvalue weighted by atomic mass is 10.1. The number of hydrogen-bond acceptors (Lipinski definition) is 3. The van der Waals surface area contributed by atoms with Crippen LogP contribution in [-0.2, 0) is 0 Å². The molecule has 0 amide bonds.